The molecule has 2 heterocycles. The van der Waals surface area contributed by atoms with Gasteiger partial charge in [-0.05, 0) is 50.2 Å². The Hall–Kier alpha value is -3.37. The van der Waals surface area contributed by atoms with Crippen molar-refractivity contribution in [1.29, 1.82) is 0 Å². The summed E-state index contributed by atoms with van der Waals surface area (Å²) in [4.78, 5) is 33.9. The Morgan fingerprint density at radius 2 is 1.82 bits per heavy atom. The smallest absolute Gasteiger partial charge is 0.421 e. The highest BCUT2D eigenvalue weighted by Gasteiger charge is 2.35. The number of halogens is 5. The molecule has 0 aliphatic heterocycles. The van der Waals surface area contributed by atoms with Crippen LogP contribution in [0.2, 0.25) is 10.0 Å². The molecule has 3 aromatic rings. The monoisotopic (exact) mass is 513 g/mol. The van der Waals surface area contributed by atoms with Crippen LogP contribution in [0, 0.1) is 0 Å². The van der Waals surface area contributed by atoms with Gasteiger partial charge >= 0.3 is 12.1 Å². The molecule has 7 nitrogen and oxygen atoms in total. The van der Waals surface area contributed by atoms with Gasteiger partial charge in [-0.3, -0.25) is 4.79 Å². The number of aromatic nitrogens is 2. The Morgan fingerprint density at radius 3 is 2.41 bits per heavy atom. The van der Waals surface area contributed by atoms with Crippen molar-refractivity contribution < 1.29 is 32.6 Å². The minimum absolute atomic E-state index is 0.0326. The highest BCUT2D eigenvalue weighted by Crippen LogP contribution is 2.38. The largest absolute Gasteiger partial charge is 0.478 e. The first kappa shape index (κ1) is 25.3. The third-order valence-electron chi connectivity index (χ3n) is 4.49. The van der Waals surface area contributed by atoms with Gasteiger partial charge in [-0.2, -0.15) is 13.2 Å². The van der Waals surface area contributed by atoms with E-state index in [2.05, 4.69) is 9.97 Å². The van der Waals surface area contributed by atoms with E-state index >= 15 is 0 Å². The maximum atomic E-state index is 13.2. The molecule has 0 bridgehead atoms. The molecule has 0 saturated carbocycles. The first-order chi connectivity index (χ1) is 15.9. The standard InChI is InChI=1S/C22H16Cl2F3N3O4/c1-11(2)30(20(31)18-16(24)8-12(23)10-29-18)17-6-5-13(9-14(17)21(32)33)34-19-15(22(25,26)27)4-3-7-28-19/h3-11H,1-2H3,(H,32,33). The summed E-state index contributed by atoms with van der Waals surface area (Å²) >= 11 is 11.9. The number of amides is 1. The predicted octanol–water partition coefficient (Wildman–Crippen LogP) is 6.35. The van der Waals surface area contributed by atoms with Gasteiger partial charge in [0.1, 0.15) is 17.0 Å². The molecule has 0 aliphatic carbocycles. The van der Waals surface area contributed by atoms with Gasteiger partial charge in [0.2, 0.25) is 5.88 Å². The summed E-state index contributed by atoms with van der Waals surface area (Å²) in [6, 6.07) is 6.15. The Bertz CT molecular complexity index is 1250. The maximum Gasteiger partial charge on any atom is 0.421 e. The molecule has 12 heteroatoms. The van der Waals surface area contributed by atoms with Crippen molar-refractivity contribution in [3.8, 4) is 11.6 Å². The second kappa shape index (κ2) is 9.86. The lowest BCUT2D eigenvalue weighted by Gasteiger charge is -2.28. The normalized spacial score (nSPS) is 11.4. The van der Waals surface area contributed by atoms with Crippen molar-refractivity contribution in [1.82, 2.24) is 9.97 Å². The van der Waals surface area contributed by atoms with Crippen molar-refractivity contribution >= 4 is 40.8 Å². The van der Waals surface area contributed by atoms with E-state index in [1.165, 1.54) is 24.4 Å². The summed E-state index contributed by atoms with van der Waals surface area (Å²) in [6.45, 7) is 3.28. The van der Waals surface area contributed by atoms with Crippen LogP contribution in [0.5, 0.6) is 11.6 Å². The zero-order valence-corrected chi connectivity index (χ0v) is 19.1. The minimum atomic E-state index is -4.73. The van der Waals surface area contributed by atoms with E-state index in [1.807, 2.05) is 0 Å². The number of carbonyl (C=O) groups is 2. The van der Waals surface area contributed by atoms with Crippen molar-refractivity contribution in [2.75, 3.05) is 4.90 Å². The van der Waals surface area contributed by atoms with E-state index in [9.17, 15) is 27.9 Å². The van der Waals surface area contributed by atoms with Gasteiger partial charge in [0, 0.05) is 18.4 Å². The van der Waals surface area contributed by atoms with Gasteiger partial charge in [-0.15, -0.1) is 0 Å². The van der Waals surface area contributed by atoms with E-state index < -0.39 is 41.1 Å². The average molecular weight is 514 g/mol. The van der Waals surface area contributed by atoms with Gasteiger partial charge in [-0.1, -0.05) is 23.2 Å². The summed E-state index contributed by atoms with van der Waals surface area (Å²) < 4.78 is 45.0. The number of hydrogen-bond donors (Lipinski definition) is 1. The molecule has 0 unspecified atom stereocenters. The second-order valence-electron chi connectivity index (χ2n) is 7.19. The van der Waals surface area contributed by atoms with E-state index in [0.29, 0.717) is 0 Å². The highest BCUT2D eigenvalue weighted by molar-refractivity contribution is 6.36. The highest BCUT2D eigenvalue weighted by atomic mass is 35.5. The number of carboxylic acids is 1. The van der Waals surface area contributed by atoms with Crippen LogP contribution in [0.4, 0.5) is 18.9 Å². The first-order valence-electron chi connectivity index (χ1n) is 9.62. The van der Waals surface area contributed by atoms with Crippen LogP contribution in [0.25, 0.3) is 0 Å². The third-order valence-corrected chi connectivity index (χ3v) is 4.99. The number of anilines is 1. The van der Waals surface area contributed by atoms with Crippen LogP contribution in [-0.2, 0) is 6.18 Å². The van der Waals surface area contributed by atoms with Crippen molar-refractivity contribution in [3.05, 3.63) is 75.7 Å². The quantitative estimate of drug-likeness (QED) is 0.412. The Kier molecular flexibility index (Phi) is 7.32. The van der Waals surface area contributed by atoms with Crippen LogP contribution in [0.1, 0.15) is 40.3 Å². The molecule has 1 N–H and O–H groups in total. The van der Waals surface area contributed by atoms with Crippen molar-refractivity contribution in [3.63, 3.8) is 0 Å². The van der Waals surface area contributed by atoms with Crippen LogP contribution in [-0.4, -0.2) is 33.0 Å². The van der Waals surface area contributed by atoms with Gasteiger partial charge in [0.25, 0.3) is 5.91 Å². The van der Waals surface area contributed by atoms with E-state index in [0.717, 1.165) is 29.3 Å². The number of carbonyl (C=O) groups excluding carboxylic acids is 1. The number of carboxylic acid groups (broad SMARTS) is 1. The van der Waals surface area contributed by atoms with Crippen LogP contribution >= 0.6 is 23.2 Å². The third kappa shape index (κ3) is 5.40. The number of nitrogens with zero attached hydrogens (tertiary/aromatic N) is 3. The van der Waals surface area contributed by atoms with E-state index in [4.69, 9.17) is 27.9 Å². The molecule has 0 aliphatic rings. The summed E-state index contributed by atoms with van der Waals surface area (Å²) in [7, 11) is 0. The number of alkyl halides is 3. The SMILES string of the molecule is CC(C)N(C(=O)c1ncc(Cl)cc1Cl)c1ccc(Oc2ncccc2C(F)(F)F)cc1C(=O)O. The number of aromatic carboxylic acids is 1. The Balaban J connectivity index is 2.05. The van der Waals surface area contributed by atoms with Crippen LogP contribution in [0.15, 0.2) is 48.8 Å². The molecular formula is C22H16Cl2F3N3O4. The van der Waals surface area contributed by atoms with E-state index in [-0.39, 0.29) is 27.2 Å². The lowest BCUT2D eigenvalue weighted by atomic mass is 10.1. The molecule has 178 valence electrons. The maximum absolute atomic E-state index is 13.2. The molecule has 0 fully saturated rings. The van der Waals surface area contributed by atoms with Crippen LogP contribution in [0.3, 0.4) is 0 Å². The number of benzene rings is 1. The molecule has 2 aromatic heterocycles. The van der Waals surface area contributed by atoms with Gasteiger partial charge < -0.3 is 14.7 Å². The Morgan fingerprint density at radius 1 is 1.12 bits per heavy atom. The number of hydrogen-bond acceptors (Lipinski definition) is 5. The minimum Gasteiger partial charge on any atom is -0.478 e. The Labute approximate surface area is 201 Å². The molecule has 0 spiro atoms. The van der Waals surface area contributed by atoms with Gasteiger partial charge in [0.15, 0.2) is 0 Å². The summed E-state index contributed by atoms with van der Waals surface area (Å²) in [5, 5.41) is 9.94. The molecule has 0 atom stereocenters. The molecule has 0 saturated heterocycles. The summed E-state index contributed by atoms with van der Waals surface area (Å²) in [6.07, 6.45) is -2.40. The molecule has 1 aromatic carbocycles. The topological polar surface area (TPSA) is 92.6 Å². The first-order valence-corrected chi connectivity index (χ1v) is 10.4. The lowest BCUT2D eigenvalue weighted by molar-refractivity contribution is -0.138. The predicted molar refractivity (Wildman–Crippen MR) is 119 cm³/mol. The molecule has 34 heavy (non-hydrogen) atoms. The van der Waals surface area contributed by atoms with E-state index in [1.54, 1.807) is 13.8 Å². The lowest BCUT2D eigenvalue weighted by Crippen LogP contribution is -2.38. The summed E-state index contributed by atoms with van der Waals surface area (Å²) in [5.41, 5.74) is -1.71. The summed E-state index contributed by atoms with van der Waals surface area (Å²) in [5.74, 6) is -3.10. The van der Waals surface area contributed by atoms with Crippen molar-refractivity contribution in [2.45, 2.75) is 26.1 Å². The average Bonchev–Trinajstić information content (AvgIpc) is 2.74. The van der Waals surface area contributed by atoms with Crippen LogP contribution < -0.4 is 9.64 Å². The number of pyridine rings is 2. The molecule has 1 amide bonds. The fourth-order valence-electron chi connectivity index (χ4n) is 3.07. The van der Waals surface area contributed by atoms with Crippen molar-refractivity contribution in [2.24, 2.45) is 0 Å². The molecular weight excluding hydrogens is 498 g/mol. The molecule has 0 radical (unpaired) electrons. The zero-order valence-electron chi connectivity index (χ0n) is 17.6. The van der Waals surface area contributed by atoms with Gasteiger partial charge in [0.05, 0.1) is 21.3 Å². The van der Waals surface area contributed by atoms with Gasteiger partial charge in [-0.25, -0.2) is 14.8 Å². The number of rotatable bonds is 6. The second-order valence-corrected chi connectivity index (χ2v) is 8.04. The fraction of sp³-hybridized carbons (Fsp3) is 0.182. The fourth-order valence-corrected chi connectivity index (χ4v) is 3.53. The number of ether oxygens (including phenoxy) is 1. The zero-order chi connectivity index (χ0) is 25.2. The molecule has 3 rings (SSSR count).